The molecule has 1 amide bonds. The number of carbonyl (C=O) groups excluding carboxylic acids is 1. The van der Waals surface area contributed by atoms with E-state index < -0.39 is 22.6 Å². The monoisotopic (exact) mass is 295 g/mol. The van der Waals surface area contributed by atoms with E-state index in [0.717, 1.165) is 0 Å². The number of aromatic amines is 2. The fourth-order valence-corrected chi connectivity index (χ4v) is 2.14. The predicted octanol–water partition coefficient (Wildman–Crippen LogP) is -0.715. The van der Waals surface area contributed by atoms with Crippen molar-refractivity contribution in [3.63, 3.8) is 0 Å². The summed E-state index contributed by atoms with van der Waals surface area (Å²) < 4.78 is 0. The van der Waals surface area contributed by atoms with E-state index in [1.54, 1.807) is 6.92 Å². The highest BCUT2D eigenvalue weighted by Crippen LogP contribution is 2.45. The van der Waals surface area contributed by atoms with Crippen molar-refractivity contribution in [1.29, 1.82) is 0 Å². The largest absolute Gasteiger partial charge is 0.481 e. The first-order valence-corrected chi connectivity index (χ1v) is 6.66. The quantitative estimate of drug-likeness (QED) is 0.550. The molecule has 114 valence electrons. The lowest BCUT2D eigenvalue weighted by molar-refractivity contribution is -0.143. The molecule has 0 spiro atoms. The maximum absolute atomic E-state index is 11.7. The van der Waals surface area contributed by atoms with Crippen molar-refractivity contribution in [2.75, 3.05) is 6.54 Å². The fourth-order valence-electron chi connectivity index (χ4n) is 2.14. The Morgan fingerprint density at radius 2 is 1.95 bits per heavy atom. The molecule has 0 bridgehead atoms. The van der Waals surface area contributed by atoms with Crippen LogP contribution in [0.25, 0.3) is 0 Å². The van der Waals surface area contributed by atoms with E-state index in [2.05, 4.69) is 15.3 Å². The van der Waals surface area contributed by atoms with Gasteiger partial charge in [-0.3, -0.25) is 19.4 Å². The van der Waals surface area contributed by atoms with E-state index in [9.17, 15) is 19.2 Å². The molecule has 1 aliphatic rings. The maximum Gasteiger partial charge on any atom is 0.325 e. The smallest absolute Gasteiger partial charge is 0.325 e. The molecule has 21 heavy (non-hydrogen) atoms. The van der Waals surface area contributed by atoms with E-state index in [1.807, 2.05) is 0 Å². The van der Waals surface area contributed by atoms with Crippen LogP contribution in [0.1, 0.15) is 30.5 Å². The summed E-state index contributed by atoms with van der Waals surface area (Å²) in [5.41, 5.74) is -1.11. The van der Waals surface area contributed by atoms with Crippen LogP contribution in [0.5, 0.6) is 0 Å². The molecule has 8 heteroatoms. The number of aliphatic carboxylic acids is 1. The highest BCUT2D eigenvalue weighted by Gasteiger charge is 2.50. The molecule has 8 nitrogen and oxygen atoms in total. The highest BCUT2D eigenvalue weighted by molar-refractivity contribution is 5.81. The van der Waals surface area contributed by atoms with Crippen molar-refractivity contribution < 1.29 is 14.7 Å². The molecular formula is C13H17N3O5. The average Bonchev–Trinajstić information content (AvgIpc) is 3.16. The molecular weight excluding hydrogens is 278 g/mol. The lowest BCUT2D eigenvalue weighted by Gasteiger charge is -2.11. The van der Waals surface area contributed by atoms with Crippen LogP contribution in [0, 0.1) is 12.3 Å². The van der Waals surface area contributed by atoms with Gasteiger partial charge in [-0.25, -0.2) is 4.79 Å². The van der Waals surface area contributed by atoms with E-state index in [4.69, 9.17) is 5.11 Å². The maximum atomic E-state index is 11.7. The Morgan fingerprint density at radius 1 is 1.29 bits per heavy atom. The number of aromatic nitrogens is 2. The zero-order chi connectivity index (χ0) is 15.6. The van der Waals surface area contributed by atoms with Crippen molar-refractivity contribution in [2.45, 2.75) is 32.6 Å². The normalized spacial score (nSPS) is 15.5. The molecule has 1 aliphatic carbocycles. The van der Waals surface area contributed by atoms with Gasteiger partial charge in [0.25, 0.3) is 5.56 Å². The number of hydrogen-bond acceptors (Lipinski definition) is 4. The molecule has 2 rings (SSSR count). The molecule has 0 atom stereocenters. The number of rotatable bonds is 6. The minimum Gasteiger partial charge on any atom is -0.481 e. The molecule has 4 N–H and O–H groups in total. The van der Waals surface area contributed by atoms with E-state index in [1.165, 1.54) is 0 Å². The second kappa shape index (κ2) is 5.55. The van der Waals surface area contributed by atoms with Gasteiger partial charge in [-0.2, -0.15) is 0 Å². The van der Waals surface area contributed by atoms with Gasteiger partial charge in [-0.1, -0.05) is 0 Å². The summed E-state index contributed by atoms with van der Waals surface area (Å²) in [6, 6.07) is 0. The van der Waals surface area contributed by atoms with Gasteiger partial charge < -0.3 is 15.4 Å². The first-order valence-electron chi connectivity index (χ1n) is 6.66. The van der Waals surface area contributed by atoms with Gasteiger partial charge >= 0.3 is 11.7 Å². The minimum absolute atomic E-state index is 0.0612. The Kier molecular flexibility index (Phi) is 3.97. The lowest BCUT2D eigenvalue weighted by atomic mass is 10.1. The summed E-state index contributed by atoms with van der Waals surface area (Å²) in [5, 5.41) is 11.6. The predicted molar refractivity (Wildman–Crippen MR) is 73.1 cm³/mol. The summed E-state index contributed by atoms with van der Waals surface area (Å²) >= 11 is 0. The number of aryl methyl sites for hydroxylation is 1. The summed E-state index contributed by atoms with van der Waals surface area (Å²) in [7, 11) is 0. The van der Waals surface area contributed by atoms with Crippen LogP contribution in [-0.2, 0) is 16.0 Å². The van der Waals surface area contributed by atoms with Gasteiger partial charge in [0.15, 0.2) is 0 Å². The van der Waals surface area contributed by atoms with E-state index in [-0.39, 0.29) is 25.3 Å². The zero-order valence-corrected chi connectivity index (χ0v) is 11.6. The second-order valence-corrected chi connectivity index (χ2v) is 5.37. The number of H-pyrrole nitrogens is 2. The molecule has 0 unspecified atom stereocenters. The Balaban J connectivity index is 1.89. The van der Waals surface area contributed by atoms with Crippen LogP contribution in [0.15, 0.2) is 9.59 Å². The summed E-state index contributed by atoms with van der Waals surface area (Å²) in [6.07, 6.45) is 1.39. The number of carbonyl (C=O) groups is 2. The van der Waals surface area contributed by atoms with Gasteiger partial charge in [0.1, 0.15) is 0 Å². The molecule has 0 aromatic carbocycles. The average molecular weight is 295 g/mol. The first-order chi connectivity index (χ1) is 9.84. The van der Waals surface area contributed by atoms with Crippen LogP contribution < -0.4 is 16.6 Å². The lowest BCUT2D eigenvalue weighted by Crippen LogP contribution is -2.35. The summed E-state index contributed by atoms with van der Waals surface area (Å²) in [6.45, 7) is 1.70. The molecule has 0 saturated heterocycles. The van der Waals surface area contributed by atoms with Crippen LogP contribution in [0.4, 0.5) is 0 Å². The molecule has 0 radical (unpaired) electrons. The highest BCUT2D eigenvalue weighted by atomic mass is 16.4. The zero-order valence-electron chi connectivity index (χ0n) is 11.6. The Bertz CT molecular complexity index is 684. The third-order valence-corrected chi connectivity index (χ3v) is 3.79. The standard InChI is InChI=1S/C13H17N3O5/c1-7-8(10(18)16-12(21)15-7)2-3-9(17)14-6-13(4-5-13)11(19)20/h2-6H2,1H3,(H,14,17)(H,19,20)(H2,15,16,18,21). The van der Waals surface area contributed by atoms with Gasteiger partial charge in [-0.05, 0) is 26.2 Å². The Morgan fingerprint density at radius 3 is 2.48 bits per heavy atom. The molecule has 1 fully saturated rings. The SMILES string of the molecule is Cc1[nH]c(=O)[nH]c(=O)c1CCC(=O)NCC1(C(=O)O)CC1. The van der Waals surface area contributed by atoms with Crippen LogP contribution in [0.2, 0.25) is 0 Å². The van der Waals surface area contributed by atoms with Crippen molar-refractivity contribution >= 4 is 11.9 Å². The van der Waals surface area contributed by atoms with Crippen molar-refractivity contribution in [1.82, 2.24) is 15.3 Å². The van der Waals surface area contributed by atoms with Crippen LogP contribution in [-0.4, -0.2) is 33.5 Å². The first kappa shape index (κ1) is 15.0. The Labute approximate surface area is 119 Å². The van der Waals surface area contributed by atoms with Crippen molar-refractivity contribution in [3.8, 4) is 0 Å². The molecule has 1 aromatic rings. The minimum atomic E-state index is -0.893. The number of carboxylic acids is 1. The van der Waals surface area contributed by atoms with Gasteiger partial charge in [0, 0.05) is 24.2 Å². The van der Waals surface area contributed by atoms with Crippen molar-refractivity contribution in [3.05, 3.63) is 32.1 Å². The molecule has 1 aromatic heterocycles. The van der Waals surface area contributed by atoms with Crippen LogP contribution in [0.3, 0.4) is 0 Å². The molecule has 0 aliphatic heterocycles. The van der Waals surface area contributed by atoms with Crippen LogP contribution >= 0.6 is 0 Å². The number of amides is 1. The third kappa shape index (κ3) is 3.39. The number of hydrogen-bond donors (Lipinski definition) is 4. The molecule has 1 heterocycles. The summed E-state index contributed by atoms with van der Waals surface area (Å²) in [5.74, 6) is -1.21. The van der Waals surface area contributed by atoms with Gasteiger partial charge in [-0.15, -0.1) is 0 Å². The topological polar surface area (TPSA) is 132 Å². The fraction of sp³-hybridized carbons (Fsp3) is 0.538. The molecule has 1 saturated carbocycles. The van der Waals surface area contributed by atoms with E-state index in [0.29, 0.717) is 24.1 Å². The summed E-state index contributed by atoms with van der Waals surface area (Å²) in [4.78, 5) is 49.9. The number of nitrogens with one attached hydrogen (secondary N) is 3. The second-order valence-electron chi connectivity index (χ2n) is 5.37. The Hall–Kier alpha value is -2.38. The third-order valence-electron chi connectivity index (χ3n) is 3.79. The number of carboxylic acid groups (broad SMARTS) is 1. The van der Waals surface area contributed by atoms with E-state index >= 15 is 0 Å². The van der Waals surface area contributed by atoms with Gasteiger partial charge in [0.05, 0.1) is 5.41 Å². The van der Waals surface area contributed by atoms with Gasteiger partial charge in [0.2, 0.25) is 5.91 Å². The van der Waals surface area contributed by atoms with Crippen molar-refractivity contribution in [2.24, 2.45) is 5.41 Å².